The van der Waals surface area contributed by atoms with E-state index in [0.717, 1.165) is 5.56 Å². The summed E-state index contributed by atoms with van der Waals surface area (Å²) < 4.78 is 26.2. The van der Waals surface area contributed by atoms with Crippen LogP contribution >= 0.6 is 12.6 Å². The standard InChI is InChI=1S/C13H19NO3S2/c1-10(18)11-4-6-13(7-5-11)19(16,17)14-8-2-3-12(15)9-14/h4-7,10,12,15,18H,2-3,8-9H2,1H3. The number of β-amino-alcohol motifs (C(OH)–C–C–N with tert-alkyl or cyclic N) is 1. The Kier molecular flexibility index (Phi) is 4.55. The first-order valence-corrected chi connectivity index (χ1v) is 8.33. The number of sulfonamides is 1. The number of aliphatic hydroxyl groups is 1. The number of benzene rings is 1. The second kappa shape index (κ2) is 5.83. The third-order valence-electron chi connectivity index (χ3n) is 3.36. The van der Waals surface area contributed by atoms with Crippen LogP contribution in [0.25, 0.3) is 0 Å². The van der Waals surface area contributed by atoms with E-state index in [4.69, 9.17) is 0 Å². The van der Waals surface area contributed by atoms with E-state index in [2.05, 4.69) is 12.6 Å². The summed E-state index contributed by atoms with van der Waals surface area (Å²) in [5, 5.41) is 9.67. The van der Waals surface area contributed by atoms with Gasteiger partial charge in [-0.15, -0.1) is 0 Å². The van der Waals surface area contributed by atoms with E-state index in [9.17, 15) is 13.5 Å². The van der Waals surface area contributed by atoms with E-state index in [1.165, 1.54) is 4.31 Å². The second-order valence-corrected chi connectivity index (χ2v) is 7.62. The van der Waals surface area contributed by atoms with Crippen LogP contribution in [0.1, 0.15) is 30.6 Å². The molecule has 1 aromatic carbocycles. The highest BCUT2D eigenvalue weighted by atomic mass is 32.2. The molecule has 0 aromatic heterocycles. The largest absolute Gasteiger partial charge is 0.392 e. The molecule has 106 valence electrons. The highest BCUT2D eigenvalue weighted by Crippen LogP contribution is 2.24. The van der Waals surface area contributed by atoms with Crippen molar-refractivity contribution in [2.75, 3.05) is 13.1 Å². The third kappa shape index (κ3) is 3.31. The molecule has 1 heterocycles. The molecule has 1 N–H and O–H groups in total. The van der Waals surface area contributed by atoms with Gasteiger partial charge in [0.2, 0.25) is 10.0 Å². The fourth-order valence-corrected chi connectivity index (χ4v) is 3.89. The van der Waals surface area contributed by atoms with Crippen LogP contribution in [0.15, 0.2) is 29.2 Å². The maximum absolute atomic E-state index is 12.4. The highest BCUT2D eigenvalue weighted by molar-refractivity contribution is 7.89. The van der Waals surface area contributed by atoms with Crippen LogP contribution in [-0.2, 0) is 10.0 Å². The monoisotopic (exact) mass is 301 g/mol. The smallest absolute Gasteiger partial charge is 0.243 e. The molecule has 0 amide bonds. The van der Waals surface area contributed by atoms with Gasteiger partial charge in [0, 0.05) is 18.3 Å². The molecule has 4 nitrogen and oxygen atoms in total. The average molecular weight is 301 g/mol. The molecule has 2 atom stereocenters. The Bertz CT molecular complexity index is 525. The molecule has 2 rings (SSSR count). The van der Waals surface area contributed by atoms with Gasteiger partial charge in [0.25, 0.3) is 0 Å². The topological polar surface area (TPSA) is 57.6 Å². The van der Waals surface area contributed by atoms with E-state index in [0.29, 0.717) is 19.4 Å². The van der Waals surface area contributed by atoms with Crippen LogP contribution in [0.5, 0.6) is 0 Å². The Labute approximate surface area is 119 Å². The van der Waals surface area contributed by atoms with Crippen molar-refractivity contribution in [3.63, 3.8) is 0 Å². The molecule has 2 unspecified atom stereocenters. The van der Waals surface area contributed by atoms with Gasteiger partial charge in [-0.05, 0) is 37.5 Å². The molecule has 6 heteroatoms. The summed E-state index contributed by atoms with van der Waals surface area (Å²) in [5.41, 5.74) is 0.987. The van der Waals surface area contributed by atoms with E-state index >= 15 is 0 Å². The van der Waals surface area contributed by atoms with Crippen LogP contribution in [0.4, 0.5) is 0 Å². The maximum atomic E-state index is 12.4. The maximum Gasteiger partial charge on any atom is 0.243 e. The number of rotatable bonds is 3. The van der Waals surface area contributed by atoms with E-state index in [1.807, 2.05) is 6.92 Å². The minimum Gasteiger partial charge on any atom is -0.392 e. The molecule has 1 aromatic rings. The van der Waals surface area contributed by atoms with Gasteiger partial charge in [0.15, 0.2) is 0 Å². The SMILES string of the molecule is CC(S)c1ccc(S(=O)(=O)N2CCCC(O)C2)cc1. The fraction of sp³-hybridized carbons (Fsp3) is 0.538. The van der Waals surface area contributed by atoms with Crippen molar-refractivity contribution in [2.45, 2.75) is 36.0 Å². The number of piperidine rings is 1. The van der Waals surface area contributed by atoms with Gasteiger partial charge in [-0.1, -0.05) is 12.1 Å². The van der Waals surface area contributed by atoms with E-state index in [-0.39, 0.29) is 16.7 Å². The lowest BCUT2D eigenvalue weighted by Gasteiger charge is -2.29. The Morgan fingerprint density at radius 1 is 1.37 bits per heavy atom. The van der Waals surface area contributed by atoms with Gasteiger partial charge >= 0.3 is 0 Å². The van der Waals surface area contributed by atoms with Gasteiger partial charge in [0.05, 0.1) is 11.0 Å². The highest BCUT2D eigenvalue weighted by Gasteiger charge is 2.29. The van der Waals surface area contributed by atoms with E-state index in [1.54, 1.807) is 24.3 Å². The number of thiol groups is 1. The third-order valence-corrected chi connectivity index (χ3v) is 5.54. The summed E-state index contributed by atoms with van der Waals surface area (Å²) in [5.74, 6) is 0. The summed E-state index contributed by atoms with van der Waals surface area (Å²) in [7, 11) is -3.49. The van der Waals surface area contributed by atoms with Gasteiger partial charge in [0.1, 0.15) is 0 Å². The van der Waals surface area contributed by atoms with Gasteiger partial charge in [-0.25, -0.2) is 8.42 Å². The summed E-state index contributed by atoms with van der Waals surface area (Å²) >= 11 is 4.31. The molecule has 1 aliphatic rings. The lowest BCUT2D eigenvalue weighted by Crippen LogP contribution is -2.42. The van der Waals surface area contributed by atoms with E-state index < -0.39 is 16.1 Å². The van der Waals surface area contributed by atoms with Crippen molar-refractivity contribution in [1.82, 2.24) is 4.31 Å². The normalized spacial score (nSPS) is 23.2. The predicted molar refractivity (Wildman–Crippen MR) is 77.8 cm³/mol. The number of hydrogen-bond acceptors (Lipinski definition) is 4. The van der Waals surface area contributed by atoms with Gasteiger partial charge < -0.3 is 5.11 Å². The molecule has 1 saturated heterocycles. The first-order valence-electron chi connectivity index (χ1n) is 6.37. The van der Waals surface area contributed by atoms with Crippen molar-refractivity contribution >= 4 is 22.7 Å². The Morgan fingerprint density at radius 3 is 2.53 bits per heavy atom. The van der Waals surface area contributed by atoms with Crippen molar-refractivity contribution in [3.05, 3.63) is 29.8 Å². The zero-order valence-corrected chi connectivity index (χ0v) is 12.6. The Morgan fingerprint density at radius 2 is 2.00 bits per heavy atom. The zero-order chi connectivity index (χ0) is 14.0. The van der Waals surface area contributed by atoms with Crippen LogP contribution in [0.3, 0.4) is 0 Å². The van der Waals surface area contributed by atoms with Crippen LogP contribution < -0.4 is 0 Å². The molecule has 0 saturated carbocycles. The lowest BCUT2D eigenvalue weighted by atomic mass is 10.1. The first-order chi connectivity index (χ1) is 8.91. The molecular weight excluding hydrogens is 282 g/mol. The van der Waals surface area contributed by atoms with Crippen LogP contribution in [0, 0.1) is 0 Å². The summed E-state index contributed by atoms with van der Waals surface area (Å²) in [6, 6.07) is 6.78. The van der Waals surface area contributed by atoms with Gasteiger partial charge in [-0.2, -0.15) is 16.9 Å². The lowest BCUT2D eigenvalue weighted by molar-refractivity contribution is 0.108. The van der Waals surface area contributed by atoms with Crippen LogP contribution in [0.2, 0.25) is 0 Å². The van der Waals surface area contributed by atoms with Crippen molar-refractivity contribution < 1.29 is 13.5 Å². The Hall–Kier alpha value is -0.560. The minimum absolute atomic E-state index is 0.0774. The summed E-state index contributed by atoms with van der Waals surface area (Å²) in [6.07, 6.45) is 0.814. The number of nitrogens with zero attached hydrogens (tertiary/aromatic N) is 1. The molecule has 1 aliphatic heterocycles. The van der Waals surface area contributed by atoms with Crippen molar-refractivity contribution in [2.24, 2.45) is 0 Å². The number of aliphatic hydroxyl groups excluding tert-OH is 1. The summed E-state index contributed by atoms with van der Waals surface area (Å²) in [6.45, 7) is 2.60. The van der Waals surface area contributed by atoms with Gasteiger partial charge in [-0.3, -0.25) is 0 Å². The molecule has 0 radical (unpaired) electrons. The molecular formula is C13H19NO3S2. The first kappa shape index (κ1) is 14.8. The molecule has 0 spiro atoms. The molecule has 19 heavy (non-hydrogen) atoms. The predicted octanol–water partition coefficient (Wildman–Crippen LogP) is 1.82. The minimum atomic E-state index is -3.49. The van der Waals surface area contributed by atoms with Crippen molar-refractivity contribution in [1.29, 1.82) is 0 Å². The number of hydrogen-bond donors (Lipinski definition) is 2. The van der Waals surface area contributed by atoms with Crippen molar-refractivity contribution in [3.8, 4) is 0 Å². The van der Waals surface area contributed by atoms with Crippen LogP contribution in [-0.4, -0.2) is 37.0 Å². The second-order valence-electron chi connectivity index (χ2n) is 4.90. The zero-order valence-electron chi connectivity index (χ0n) is 10.9. The molecule has 0 aliphatic carbocycles. The Balaban J connectivity index is 2.23. The summed E-state index contributed by atoms with van der Waals surface area (Å²) in [4.78, 5) is 0.277. The molecule has 1 fully saturated rings. The molecule has 0 bridgehead atoms. The quantitative estimate of drug-likeness (QED) is 0.837. The average Bonchev–Trinajstić information content (AvgIpc) is 2.39. The fourth-order valence-electron chi connectivity index (χ4n) is 2.21.